The lowest BCUT2D eigenvalue weighted by molar-refractivity contribution is -0.142. The molecule has 3 nitrogen and oxygen atoms in total. The summed E-state index contributed by atoms with van der Waals surface area (Å²) < 4.78 is 17.6. The molecular formula is C12H16FNO2. The maximum absolute atomic E-state index is 13.0. The first-order valence-electron chi connectivity index (χ1n) is 5.11. The predicted octanol–water partition coefficient (Wildman–Crippen LogP) is 1.79. The van der Waals surface area contributed by atoms with Crippen LogP contribution in [0.5, 0.6) is 0 Å². The molecule has 88 valence electrons. The highest BCUT2D eigenvalue weighted by Crippen LogP contribution is 2.10. The molecule has 1 aromatic carbocycles. The fourth-order valence-corrected chi connectivity index (χ4v) is 1.35. The van der Waals surface area contributed by atoms with Crippen molar-refractivity contribution in [3.63, 3.8) is 0 Å². The van der Waals surface area contributed by atoms with E-state index in [1.807, 2.05) is 6.92 Å². The lowest BCUT2D eigenvalue weighted by atomic mass is 10.1. The van der Waals surface area contributed by atoms with E-state index >= 15 is 0 Å². The monoisotopic (exact) mass is 225 g/mol. The Morgan fingerprint density at radius 3 is 2.88 bits per heavy atom. The molecule has 4 heteroatoms. The number of aryl methyl sites for hydroxylation is 1. The van der Waals surface area contributed by atoms with Crippen molar-refractivity contribution in [1.82, 2.24) is 5.32 Å². The lowest BCUT2D eigenvalue weighted by Gasteiger charge is -2.12. The van der Waals surface area contributed by atoms with Gasteiger partial charge in [0.1, 0.15) is 11.9 Å². The number of benzene rings is 1. The molecule has 1 atom stereocenters. The Morgan fingerprint density at radius 1 is 1.56 bits per heavy atom. The Hall–Kier alpha value is -1.42. The molecule has 1 rings (SSSR count). The number of carbonyl (C=O) groups excluding carboxylic acids is 1. The minimum absolute atomic E-state index is 0.270. The van der Waals surface area contributed by atoms with E-state index in [4.69, 9.17) is 0 Å². The van der Waals surface area contributed by atoms with Gasteiger partial charge in [-0.3, -0.25) is 4.79 Å². The molecule has 0 fully saturated rings. The van der Waals surface area contributed by atoms with E-state index in [9.17, 15) is 9.18 Å². The molecule has 16 heavy (non-hydrogen) atoms. The SMILES string of the molecule is COC(=O)C(C)NCc1cc(F)ccc1C. The van der Waals surface area contributed by atoms with Gasteiger partial charge >= 0.3 is 5.97 Å². The first-order chi connectivity index (χ1) is 7.54. The van der Waals surface area contributed by atoms with Crippen LogP contribution in [0.3, 0.4) is 0 Å². The number of nitrogens with one attached hydrogen (secondary N) is 1. The first kappa shape index (κ1) is 12.6. The molecule has 0 heterocycles. The molecule has 0 bridgehead atoms. The largest absolute Gasteiger partial charge is 0.468 e. The van der Waals surface area contributed by atoms with Crippen molar-refractivity contribution in [3.8, 4) is 0 Å². The van der Waals surface area contributed by atoms with Crippen LogP contribution in [0.4, 0.5) is 4.39 Å². The van der Waals surface area contributed by atoms with E-state index in [2.05, 4.69) is 10.1 Å². The van der Waals surface area contributed by atoms with Gasteiger partial charge in [0.05, 0.1) is 7.11 Å². The fourth-order valence-electron chi connectivity index (χ4n) is 1.35. The molecule has 0 aliphatic rings. The molecule has 1 aromatic rings. The molecule has 0 aromatic heterocycles. The van der Waals surface area contributed by atoms with Crippen molar-refractivity contribution in [2.24, 2.45) is 0 Å². The maximum Gasteiger partial charge on any atom is 0.322 e. The average Bonchev–Trinajstić information content (AvgIpc) is 2.28. The van der Waals surface area contributed by atoms with Gasteiger partial charge in [0.15, 0.2) is 0 Å². The van der Waals surface area contributed by atoms with Crippen molar-refractivity contribution in [3.05, 3.63) is 35.1 Å². The predicted molar refractivity (Wildman–Crippen MR) is 59.5 cm³/mol. The molecule has 0 aliphatic carbocycles. The van der Waals surface area contributed by atoms with Crippen LogP contribution in [0.2, 0.25) is 0 Å². The fraction of sp³-hybridized carbons (Fsp3) is 0.417. The highest BCUT2D eigenvalue weighted by molar-refractivity contribution is 5.75. The standard InChI is InChI=1S/C12H16FNO2/c1-8-4-5-11(13)6-10(8)7-14-9(2)12(15)16-3/h4-6,9,14H,7H2,1-3H3. The highest BCUT2D eigenvalue weighted by Gasteiger charge is 2.12. The number of carbonyl (C=O) groups is 1. The molecule has 1 N–H and O–H groups in total. The summed E-state index contributed by atoms with van der Waals surface area (Å²) in [4.78, 5) is 11.1. The van der Waals surface area contributed by atoms with E-state index in [0.29, 0.717) is 6.54 Å². The van der Waals surface area contributed by atoms with Crippen LogP contribution < -0.4 is 5.32 Å². The van der Waals surface area contributed by atoms with Gasteiger partial charge in [0.2, 0.25) is 0 Å². The molecule has 0 saturated heterocycles. The van der Waals surface area contributed by atoms with Gasteiger partial charge in [-0.25, -0.2) is 4.39 Å². The number of hydrogen-bond donors (Lipinski definition) is 1. The summed E-state index contributed by atoms with van der Waals surface area (Å²) in [5.41, 5.74) is 1.83. The topological polar surface area (TPSA) is 38.3 Å². The minimum atomic E-state index is -0.396. The van der Waals surface area contributed by atoms with E-state index in [1.165, 1.54) is 19.2 Å². The second-order valence-corrected chi connectivity index (χ2v) is 3.70. The second kappa shape index (κ2) is 5.61. The summed E-state index contributed by atoms with van der Waals surface area (Å²) >= 11 is 0. The Morgan fingerprint density at radius 2 is 2.25 bits per heavy atom. The van der Waals surface area contributed by atoms with Gasteiger partial charge in [-0.05, 0) is 37.1 Å². The molecule has 0 radical (unpaired) electrons. The van der Waals surface area contributed by atoms with Crippen LogP contribution >= 0.6 is 0 Å². The zero-order chi connectivity index (χ0) is 12.1. The van der Waals surface area contributed by atoms with Crippen LogP contribution in [0, 0.1) is 12.7 Å². The van der Waals surface area contributed by atoms with Gasteiger partial charge in [0, 0.05) is 6.54 Å². The second-order valence-electron chi connectivity index (χ2n) is 3.70. The summed E-state index contributed by atoms with van der Waals surface area (Å²) in [5, 5.41) is 2.98. The minimum Gasteiger partial charge on any atom is -0.468 e. The van der Waals surface area contributed by atoms with Gasteiger partial charge in [-0.15, -0.1) is 0 Å². The number of ether oxygens (including phenoxy) is 1. The van der Waals surface area contributed by atoms with Crippen molar-refractivity contribution in [2.75, 3.05) is 7.11 Å². The molecule has 0 aliphatic heterocycles. The number of rotatable bonds is 4. The summed E-state index contributed by atoms with van der Waals surface area (Å²) in [6.45, 7) is 4.06. The highest BCUT2D eigenvalue weighted by atomic mass is 19.1. The Bertz CT molecular complexity index is 379. The molecule has 0 amide bonds. The van der Waals surface area contributed by atoms with E-state index < -0.39 is 6.04 Å². The quantitative estimate of drug-likeness (QED) is 0.794. The van der Waals surface area contributed by atoms with Crippen LogP contribution in [-0.2, 0) is 16.1 Å². The normalized spacial score (nSPS) is 12.2. The van der Waals surface area contributed by atoms with Gasteiger partial charge < -0.3 is 10.1 Å². The zero-order valence-corrected chi connectivity index (χ0v) is 9.71. The van der Waals surface area contributed by atoms with Gasteiger partial charge in [-0.2, -0.15) is 0 Å². The lowest BCUT2D eigenvalue weighted by Crippen LogP contribution is -2.34. The third kappa shape index (κ3) is 3.31. The van der Waals surface area contributed by atoms with Crippen molar-refractivity contribution in [1.29, 1.82) is 0 Å². The van der Waals surface area contributed by atoms with Crippen LogP contribution in [-0.4, -0.2) is 19.1 Å². The number of halogens is 1. The van der Waals surface area contributed by atoms with Gasteiger partial charge in [0.25, 0.3) is 0 Å². The average molecular weight is 225 g/mol. The maximum atomic E-state index is 13.0. The van der Waals surface area contributed by atoms with Crippen molar-refractivity contribution >= 4 is 5.97 Å². The Balaban J connectivity index is 2.60. The van der Waals surface area contributed by atoms with Crippen LogP contribution in [0.1, 0.15) is 18.1 Å². The first-order valence-corrected chi connectivity index (χ1v) is 5.11. The summed E-state index contributed by atoms with van der Waals surface area (Å²) in [6, 6.07) is 4.21. The molecule has 1 unspecified atom stereocenters. The van der Waals surface area contributed by atoms with E-state index in [0.717, 1.165) is 11.1 Å². The molecule has 0 spiro atoms. The smallest absolute Gasteiger partial charge is 0.322 e. The van der Waals surface area contributed by atoms with E-state index in [-0.39, 0.29) is 11.8 Å². The Kier molecular flexibility index (Phi) is 4.43. The zero-order valence-electron chi connectivity index (χ0n) is 9.71. The summed E-state index contributed by atoms with van der Waals surface area (Å²) in [6.07, 6.45) is 0. The van der Waals surface area contributed by atoms with Gasteiger partial charge in [-0.1, -0.05) is 6.07 Å². The van der Waals surface area contributed by atoms with Crippen molar-refractivity contribution in [2.45, 2.75) is 26.4 Å². The number of hydrogen-bond acceptors (Lipinski definition) is 3. The molecule has 0 saturated carbocycles. The number of methoxy groups -OCH3 is 1. The summed E-state index contributed by atoms with van der Waals surface area (Å²) in [5.74, 6) is -0.595. The number of esters is 1. The van der Waals surface area contributed by atoms with Crippen LogP contribution in [0.25, 0.3) is 0 Å². The molecular weight excluding hydrogens is 209 g/mol. The third-order valence-electron chi connectivity index (χ3n) is 2.46. The van der Waals surface area contributed by atoms with Crippen LogP contribution in [0.15, 0.2) is 18.2 Å². The third-order valence-corrected chi connectivity index (χ3v) is 2.46. The van der Waals surface area contributed by atoms with Crippen molar-refractivity contribution < 1.29 is 13.9 Å². The summed E-state index contributed by atoms with van der Waals surface area (Å²) in [7, 11) is 1.34. The van der Waals surface area contributed by atoms with E-state index in [1.54, 1.807) is 13.0 Å². The Labute approximate surface area is 94.6 Å².